The minimum atomic E-state index is 0.108. The fourth-order valence-corrected chi connectivity index (χ4v) is 2.77. The average molecular weight is 282 g/mol. The number of benzene rings is 1. The molecule has 4 heteroatoms. The lowest BCUT2D eigenvalue weighted by atomic mass is 10.2. The molecule has 1 aromatic carbocycles. The van der Waals surface area contributed by atoms with E-state index in [1.807, 2.05) is 23.1 Å². The molecule has 3 rings (SSSR count). The van der Waals surface area contributed by atoms with Gasteiger partial charge in [-0.2, -0.15) is 0 Å². The van der Waals surface area contributed by atoms with Crippen molar-refractivity contribution >= 4 is 21.8 Å². The first-order chi connectivity index (χ1) is 7.75. The van der Waals surface area contributed by atoms with Crippen LogP contribution in [0.5, 0.6) is 5.75 Å². The first kappa shape index (κ1) is 10.1. The molecule has 0 spiro atoms. The second-order valence-electron chi connectivity index (χ2n) is 4.25. The van der Waals surface area contributed by atoms with Crippen molar-refractivity contribution in [2.24, 2.45) is 0 Å². The topological polar surface area (TPSA) is 29.5 Å². The molecule has 16 heavy (non-hydrogen) atoms. The van der Waals surface area contributed by atoms with Crippen LogP contribution >= 0.6 is 15.9 Å². The van der Waals surface area contributed by atoms with Crippen LogP contribution in [-0.4, -0.2) is 30.0 Å². The number of fused-ring (bicyclic) bond motifs is 2. The van der Waals surface area contributed by atoms with Gasteiger partial charge in [-0.05, 0) is 31.0 Å². The van der Waals surface area contributed by atoms with Gasteiger partial charge in [-0.1, -0.05) is 15.9 Å². The summed E-state index contributed by atoms with van der Waals surface area (Å²) >= 11 is 3.39. The molecule has 2 aliphatic heterocycles. The largest absolute Gasteiger partial charge is 0.491 e. The molecule has 0 N–H and O–H groups in total. The minimum absolute atomic E-state index is 0.108. The predicted octanol–water partition coefficient (Wildman–Crippen LogP) is 2.45. The third-order valence-electron chi connectivity index (χ3n) is 3.24. The molecule has 1 amide bonds. The van der Waals surface area contributed by atoms with Crippen molar-refractivity contribution in [3.05, 3.63) is 28.2 Å². The van der Waals surface area contributed by atoms with Gasteiger partial charge in [-0.15, -0.1) is 0 Å². The number of ether oxygens (including phenoxy) is 1. The van der Waals surface area contributed by atoms with E-state index in [-0.39, 0.29) is 11.9 Å². The molecule has 1 saturated heterocycles. The van der Waals surface area contributed by atoms with Crippen LogP contribution < -0.4 is 4.74 Å². The Morgan fingerprint density at radius 2 is 2.31 bits per heavy atom. The number of halogens is 1. The highest BCUT2D eigenvalue weighted by Crippen LogP contribution is 2.31. The molecule has 0 saturated carbocycles. The van der Waals surface area contributed by atoms with Gasteiger partial charge in [-0.25, -0.2) is 0 Å². The van der Waals surface area contributed by atoms with Crippen LogP contribution in [0.15, 0.2) is 22.7 Å². The standard InChI is InChI=1S/C12H12BrNO2/c13-8-3-4-11-10(6-8)12(15)14-5-1-2-9(14)7-16-11/h3-4,6,9H,1-2,5,7H2/t9-/m0/s1. The number of hydrogen-bond donors (Lipinski definition) is 0. The summed E-state index contributed by atoms with van der Waals surface area (Å²) in [6.07, 6.45) is 2.14. The summed E-state index contributed by atoms with van der Waals surface area (Å²) in [5.74, 6) is 0.818. The summed E-state index contributed by atoms with van der Waals surface area (Å²) in [5.41, 5.74) is 0.679. The molecule has 0 aromatic heterocycles. The Hall–Kier alpha value is -1.03. The van der Waals surface area contributed by atoms with Crippen LogP contribution in [0.1, 0.15) is 23.2 Å². The maximum absolute atomic E-state index is 12.3. The molecule has 2 aliphatic rings. The van der Waals surface area contributed by atoms with Crippen molar-refractivity contribution in [3.63, 3.8) is 0 Å². The van der Waals surface area contributed by atoms with Gasteiger partial charge in [0.1, 0.15) is 12.4 Å². The summed E-state index contributed by atoms with van der Waals surface area (Å²) in [7, 11) is 0. The maximum Gasteiger partial charge on any atom is 0.258 e. The number of carbonyl (C=O) groups is 1. The Labute approximate surface area is 103 Å². The van der Waals surface area contributed by atoms with Gasteiger partial charge < -0.3 is 9.64 Å². The number of nitrogens with zero attached hydrogens (tertiary/aromatic N) is 1. The molecule has 1 aromatic rings. The van der Waals surface area contributed by atoms with Crippen LogP contribution in [-0.2, 0) is 0 Å². The van der Waals surface area contributed by atoms with E-state index in [0.29, 0.717) is 17.9 Å². The highest BCUT2D eigenvalue weighted by molar-refractivity contribution is 9.10. The molecule has 84 valence electrons. The van der Waals surface area contributed by atoms with E-state index in [0.717, 1.165) is 23.9 Å². The summed E-state index contributed by atoms with van der Waals surface area (Å²) in [6, 6.07) is 5.87. The third kappa shape index (κ3) is 1.52. The van der Waals surface area contributed by atoms with Crippen LogP contribution in [0.4, 0.5) is 0 Å². The van der Waals surface area contributed by atoms with Crippen LogP contribution in [0.2, 0.25) is 0 Å². The summed E-state index contributed by atoms with van der Waals surface area (Å²) in [4.78, 5) is 14.2. The van der Waals surface area contributed by atoms with Crippen LogP contribution in [0.3, 0.4) is 0 Å². The van der Waals surface area contributed by atoms with Crippen molar-refractivity contribution in [2.75, 3.05) is 13.2 Å². The van der Waals surface area contributed by atoms with Gasteiger partial charge in [0, 0.05) is 11.0 Å². The van der Waals surface area contributed by atoms with E-state index in [1.165, 1.54) is 0 Å². The minimum Gasteiger partial charge on any atom is -0.491 e. The SMILES string of the molecule is O=C1c2cc(Br)ccc2OC[C@@H]2CCCN12. The third-order valence-corrected chi connectivity index (χ3v) is 3.73. The van der Waals surface area contributed by atoms with E-state index < -0.39 is 0 Å². The summed E-state index contributed by atoms with van der Waals surface area (Å²) in [6.45, 7) is 1.49. The Balaban J connectivity index is 2.06. The molecule has 0 radical (unpaired) electrons. The van der Waals surface area contributed by atoms with Gasteiger partial charge in [0.25, 0.3) is 5.91 Å². The monoisotopic (exact) mass is 281 g/mol. The number of amides is 1. The van der Waals surface area contributed by atoms with E-state index in [1.54, 1.807) is 0 Å². The van der Waals surface area contributed by atoms with Crippen molar-refractivity contribution in [1.82, 2.24) is 4.90 Å². The first-order valence-electron chi connectivity index (χ1n) is 5.49. The first-order valence-corrected chi connectivity index (χ1v) is 6.28. The maximum atomic E-state index is 12.3. The van der Waals surface area contributed by atoms with Gasteiger partial charge in [0.05, 0.1) is 11.6 Å². The van der Waals surface area contributed by atoms with E-state index >= 15 is 0 Å². The lowest BCUT2D eigenvalue weighted by molar-refractivity contribution is 0.0726. The van der Waals surface area contributed by atoms with Gasteiger partial charge in [0.15, 0.2) is 0 Å². The van der Waals surface area contributed by atoms with Gasteiger partial charge in [-0.3, -0.25) is 4.79 Å². The molecule has 1 fully saturated rings. The second-order valence-corrected chi connectivity index (χ2v) is 5.16. The quantitative estimate of drug-likeness (QED) is 0.731. The van der Waals surface area contributed by atoms with Crippen molar-refractivity contribution < 1.29 is 9.53 Å². The molecule has 0 bridgehead atoms. The molecule has 3 nitrogen and oxygen atoms in total. The molecule has 2 heterocycles. The van der Waals surface area contributed by atoms with Crippen LogP contribution in [0.25, 0.3) is 0 Å². The smallest absolute Gasteiger partial charge is 0.258 e. The zero-order valence-corrected chi connectivity index (χ0v) is 10.4. The fraction of sp³-hybridized carbons (Fsp3) is 0.417. The Morgan fingerprint density at radius 1 is 1.44 bits per heavy atom. The average Bonchev–Trinajstić information content (AvgIpc) is 2.70. The lowest BCUT2D eigenvalue weighted by Crippen LogP contribution is -2.36. The van der Waals surface area contributed by atoms with Gasteiger partial charge in [0.2, 0.25) is 0 Å². The Kier molecular flexibility index (Phi) is 2.39. The Morgan fingerprint density at radius 3 is 3.19 bits per heavy atom. The molecule has 0 unspecified atom stereocenters. The molecule has 0 aliphatic carbocycles. The van der Waals surface area contributed by atoms with Crippen molar-refractivity contribution in [1.29, 1.82) is 0 Å². The van der Waals surface area contributed by atoms with E-state index in [2.05, 4.69) is 15.9 Å². The second kappa shape index (κ2) is 3.77. The molecular weight excluding hydrogens is 270 g/mol. The summed E-state index contributed by atoms with van der Waals surface area (Å²) in [5, 5.41) is 0. The predicted molar refractivity (Wildman–Crippen MR) is 63.7 cm³/mol. The van der Waals surface area contributed by atoms with Gasteiger partial charge >= 0.3 is 0 Å². The molecular formula is C12H12BrNO2. The number of carbonyl (C=O) groups excluding carboxylic acids is 1. The van der Waals surface area contributed by atoms with E-state index in [4.69, 9.17) is 4.74 Å². The zero-order chi connectivity index (χ0) is 11.1. The highest BCUT2D eigenvalue weighted by Gasteiger charge is 2.34. The molecule has 1 atom stereocenters. The fourth-order valence-electron chi connectivity index (χ4n) is 2.41. The Bertz CT molecular complexity index is 447. The zero-order valence-electron chi connectivity index (χ0n) is 8.78. The lowest BCUT2D eigenvalue weighted by Gasteiger charge is -2.20. The van der Waals surface area contributed by atoms with Crippen LogP contribution in [0, 0.1) is 0 Å². The van der Waals surface area contributed by atoms with Crippen molar-refractivity contribution in [3.8, 4) is 5.75 Å². The van der Waals surface area contributed by atoms with E-state index in [9.17, 15) is 4.79 Å². The summed E-state index contributed by atoms with van der Waals surface area (Å²) < 4.78 is 6.62. The number of hydrogen-bond acceptors (Lipinski definition) is 2. The van der Waals surface area contributed by atoms with Crippen molar-refractivity contribution in [2.45, 2.75) is 18.9 Å². The normalized spacial score (nSPS) is 23.4. The number of rotatable bonds is 0. The highest BCUT2D eigenvalue weighted by atomic mass is 79.9.